The number of nitrogens with one attached hydrogen (secondary N) is 1. The first-order valence-corrected chi connectivity index (χ1v) is 6.19. The summed E-state index contributed by atoms with van der Waals surface area (Å²) in [6, 6.07) is 0. The second-order valence-corrected chi connectivity index (χ2v) is 6.37. The molecule has 0 amide bonds. The number of rotatable bonds is 2. The van der Waals surface area contributed by atoms with E-state index in [1.54, 1.807) is 0 Å². The van der Waals surface area contributed by atoms with Crippen LogP contribution in [0.4, 0.5) is 0 Å². The Morgan fingerprint density at radius 1 is 1.07 bits per heavy atom. The Kier molecular flexibility index (Phi) is 1.81. The van der Waals surface area contributed by atoms with E-state index in [1.807, 2.05) is 6.92 Å². The average molecular weight is 191 g/mol. The molecule has 1 heteroatoms. The average Bonchev–Trinajstić information content (AvgIpc) is 1.96. The molecule has 0 aliphatic heterocycles. The highest BCUT2D eigenvalue weighted by Gasteiger charge is 2.50. The lowest BCUT2D eigenvalue weighted by Crippen LogP contribution is -2.46. The Labute approximate surface area is 86.8 Å². The Morgan fingerprint density at radius 3 is 1.86 bits per heavy atom. The molecule has 4 aliphatic carbocycles. The first-order chi connectivity index (χ1) is 6.65. The van der Waals surface area contributed by atoms with Gasteiger partial charge in [-0.15, -0.1) is 0 Å². The first-order valence-electron chi connectivity index (χ1n) is 6.19. The number of hydrogen-bond acceptors (Lipinski definition) is 1. The zero-order chi connectivity index (χ0) is 9.76. The van der Waals surface area contributed by atoms with Crippen molar-refractivity contribution in [3.05, 3.63) is 0 Å². The van der Waals surface area contributed by atoms with Crippen molar-refractivity contribution in [1.29, 1.82) is 5.41 Å². The Hall–Kier alpha value is -0.330. The molecule has 1 N–H and O–H groups in total. The smallest absolute Gasteiger partial charge is 0.00637 e. The van der Waals surface area contributed by atoms with Gasteiger partial charge in [0.15, 0.2) is 0 Å². The Bertz CT molecular complexity index is 231. The van der Waals surface area contributed by atoms with Crippen molar-refractivity contribution >= 4 is 5.71 Å². The fourth-order valence-electron chi connectivity index (χ4n) is 5.07. The van der Waals surface area contributed by atoms with Crippen LogP contribution in [0.5, 0.6) is 0 Å². The molecule has 4 saturated carbocycles. The van der Waals surface area contributed by atoms with Crippen molar-refractivity contribution in [2.24, 2.45) is 23.2 Å². The normalized spacial score (nSPS) is 49.6. The molecule has 4 aliphatic rings. The zero-order valence-electron chi connectivity index (χ0n) is 9.18. The van der Waals surface area contributed by atoms with Crippen molar-refractivity contribution in [3.63, 3.8) is 0 Å². The molecule has 78 valence electrons. The minimum atomic E-state index is 0.598. The summed E-state index contributed by atoms with van der Waals surface area (Å²) in [6.45, 7) is 2.00. The maximum absolute atomic E-state index is 7.73. The quantitative estimate of drug-likeness (QED) is 0.644. The molecule has 0 unspecified atom stereocenters. The van der Waals surface area contributed by atoms with Gasteiger partial charge >= 0.3 is 0 Å². The van der Waals surface area contributed by atoms with Crippen LogP contribution in [0.3, 0.4) is 0 Å². The van der Waals surface area contributed by atoms with Crippen LogP contribution in [0.15, 0.2) is 0 Å². The van der Waals surface area contributed by atoms with Crippen LogP contribution in [-0.4, -0.2) is 5.71 Å². The number of hydrogen-bond donors (Lipinski definition) is 1. The third-order valence-electron chi connectivity index (χ3n) is 4.81. The fourth-order valence-corrected chi connectivity index (χ4v) is 5.07. The molecule has 4 rings (SSSR count). The van der Waals surface area contributed by atoms with Gasteiger partial charge in [-0.25, -0.2) is 0 Å². The molecule has 0 aromatic carbocycles. The molecule has 1 nitrogen and oxygen atoms in total. The van der Waals surface area contributed by atoms with Crippen molar-refractivity contribution in [2.75, 3.05) is 0 Å². The van der Waals surface area contributed by atoms with Gasteiger partial charge in [0.05, 0.1) is 0 Å². The lowest BCUT2D eigenvalue weighted by molar-refractivity contribution is -0.0482. The first kappa shape index (κ1) is 8.94. The lowest BCUT2D eigenvalue weighted by Gasteiger charge is -2.57. The van der Waals surface area contributed by atoms with Crippen molar-refractivity contribution < 1.29 is 0 Å². The summed E-state index contributed by atoms with van der Waals surface area (Å²) in [5.41, 5.74) is 1.52. The van der Waals surface area contributed by atoms with Crippen LogP contribution in [0, 0.1) is 28.6 Å². The highest BCUT2D eigenvalue weighted by atomic mass is 14.6. The maximum Gasteiger partial charge on any atom is 0.00637 e. The monoisotopic (exact) mass is 191 g/mol. The van der Waals surface area contributed by atoms with E-state index in [2.05, 4.69) is 0 Å². The van der Waals surface area contributed by atoms with Gasteiger partial charge in [-0.1, -0.05) is 0 Å². The SMILES string of the molecule is CC(=N)CC12CC3CC(CC(C3)C1)C2. The minimum Gasteiger partial charge on any atom is -0.310 e. The summed E-state index contributed by atoms with van der Waals surface area (Å²) in [6.07, 6.45) is 10.0. The lowest BCUT2D eigenvalue weighted by atomic mass is 9.48. The van der Waals surface area contributed by atoms with Crippen LogP contribution in [0.1, 0.15) is 51.9 Å². The molecule has 0 saturated heterocycles. The molecule has 0 heterocycles. The van der Waals surface area contributed by atoms with Gasteiger partial charge < -0.3 is 5.41 Å². The molecule has 0 spiro atoms. The third kappa shape index (κ3) is 1.32. The van der Waals surface area contributed by atoms with E-state index in [4.69, 9.17) is 5.41 Å². The molecule has 0 aromatic heterocycles. The molecule has 14 heavy (non-hydrogen) atoms. The second-order valence-electron chi connectivity index (χ2n) is 6.37. The molecule has 4 fully saturated rings. The van der Waals surface area contributed by atoms with Gasteiger partial charge in [-0.2, -0.15) is 0 Å². The Morgan fingerprint density at radius 2 is 1.50 bits per heavy atom. The highest BCUT2D eigenvalue weighted by Crippen LogP contribution is 2.61. The molecular weight excluding hydrogens is 170 g/mol. The predicted molar refractivity (Wildman–Crippen MR) is 58.6 cm³/mol. The summed E-state index contributed by atoms with van der Waals surface area (Å²) in [4.78, 5) is 0. The summed E-state index contributed by atoms with van der Waals surface area (Å²) in [5.74, 6) is 3.13. The largest absolute Gasteiger partial charge is 0.310 e. The van der Waals surface area contributed by atoms with Gasteiger partial charge in [0.25, 0.3) is 0 Å². The summed E-state index contributed by atoms with van der Waals surface area (Å²) in [5, 5.41) is 7.73. The van der Waals surface area contributed by atoms with Crippen molar-refractivity contribution in [3.8, 4) is 0 Å². The molecule has 0 atom stereocenters. The summed E-state index contributed by atoms with van der Waals surface area (Å²) in [7, 11) is 0. The minimum absolute atomic E-state index is 0.598. The van der Waals surface area contributed by atoms with Gasteiger partial charge in [0.1, 0.15) is 0 Å². The fraction of sp³-hybridized carbons (Fsp3) is 0.923. The van der Waals surface area contributed by atoms with E-state index >= 15 is 0 Å². The van der Waals surface area contributed by atoms with Crippen LogP contribution >= 0.6 is 0 Å². The van der Waals surface area contributed by atoms with Gasteiger partial charge in [-0.05, 0) is 75.0 Å². The van der Waals surface area contributed by atoms with Crippen LogP contribution < -0.4 is 0 Å². The topological polar surface area (TPSA) is 23.9 Å². The van der Waals surface area contributed by atoms with Gasteiger partial charge in [0, 0.05) is 5.71 Å². The van der Waals surface area contributed by atoms with Crippen LogP contribution in [0.2, 0.25) is 0 Å². The standard InChI is InChI=1S/C13H21N/c1-9(14)5-13-6-10-2-11(7-13)4-12(3-10)8-13/h10-12,14H,2-8H2,1H3. The van der Waals surface area contributed by atoms with E-state index in [-0.39, 0.29) is 0 Å². The molecule has 4 bridgehead atoms. The van der Waals surface area contributed by atoms with Gasteiger partial charge in [-0.3, -0.25) is 0 Å². The van der Waals surface area contributed by atoms with E-state index in [1.165, 1.54) is 38.5 Å². The Balaban J connectivity index is 1.83. The van der Waals surface area contributed by atoms with Gasteiger partial charge in [0.2, 0.25) is 0 Å². The van der Waals surface area contributed by atoms with E-state index < -0.39 is 0 Å². The van der Waals surface area contributed by atoms with Crippen LogP contribution in [-0.2, 0) is 0 Å². The zero-order valence-corrected chi connectivity index (χ0v) is 9.18. The van der Waals surface area contributed by atoms with Crippen LogP contribution in [0.25, 0.3) is 0 Å². The summed E-state index contributed by atoms with van der Waals surface area (Å²) < 4.78 is 0. The molecule has 0 radical (unpaired) electrons. The maximum atomic E-state index is 7.73. The summed E-state index contributed by atoms with van der Waals surface area (Å²) >= 11 is 0. The van der Waals surface area contributed by atoms with Crippen molar-refractivity contribution in [1.82, 2.24) is 0 Å². The third-order valence-corrected chi connectivity index (χ3v) is 4.81. The molecule has 0 aromatic rings. The highest BCUT2D eigenvalue weighted by molar-refractivity contribution is 5.79. The van der Waals surface area contributed by atoms with E-state index in [0.29, 0.717) is 5.41 Å². The van der Waals surface area contributed by atoms with E-state index in [9.17, 15) is 0 Å². The van der Waals surface area contributed by atoms with Crippen molar-refractivity contribution in [2.45, 2.75) is 51.9 Å². The molecular formula is C13H21N. The van der Waals surface area contributed by atoms with E-state index in [0.717, 1.165) is 29.9 Å². The second kappa shape index (κ2) is 2.84. The predicted octanol–water partition coefficient (Wildman–Crippen LogP) is 3.63.